The van der Waals surface area contributed by atoms with Crippen molar-refractivity contribution >= 4 is 22.6 Å². The number of para-hydroxylation sites is 2. The van der Waals surface area contributed by atoms with Gasteiger partial charge in [-0.2, -0.15) is 0 Å². The predicted octanol–water partition coefficient (Wildman–Crippen LogP) is 3.88. The van der Waals surface area contributed by atoms with Crippen LogP contribution in [0.3, 0.4) is 0 Å². The molecule has 1 aliphatic heterocycles. The van der Waals surface area contributed by atoms with Crippen molar-refractivity contribution in [1.82, 2.24) is 9.55 Å². The van der Waals surface area contributed by atoms with Gasteiger partial charge >= 0.3 is 0 Å². The summed E-state index contributed by atoms with van der Waals surface area (Å²) >= 11 is 0. The average molecular weight is 335 g/mol. The minimum absolute atomic E-state index is 0.00666. The summed E-state index contributed by atoms with van der Waals surface area (Å²) in [6.07, 6.45) is 2.20. The summed E-state index contributed by atoms with van der Waals surface area (Å²) in [5, 5.41) is 0. The highest BCUT2D eigenvalue weighted by Gasteiger charge is 2.34. The van der Waals surface area contributed by atoms with Crippen molar-refractivity contribution in [3.8, 4) is 0 Å². The molecule has 1 unspecified atom stereocenters. The largest absolute Gasteiger partial charge is 0.324 e. The van der Waals surface area contributed by atoms with E-state index in [1.807, 2.05) is 30.3 Å². The van der Waals surface area contributed by atoms with Crippen molar-refractivity contribution in [3.05, 3.63) is 72.8 Å². The first-order valence-electron chi connectivity index (χ1n) is 8.29. The molecule has 25 heavy (non-hydrogen) atoms. The van der Waals surface area contributed by atoms with Crippen LogP contribution in [0.1, 0.15) is 18.2 Å². The van der Waals surface area contributed by atoms with E-state index in [9.17, 15) is 9.18 Å². The van der Waals surface area contributed by atoms with Gasteiger partial charge in [0, 0.05) is 31.1 Å². The van der Waals surface area contributed by atoms with E-state index >= 15 is 0 Å². The second-order valence-corrected chi connectivity index (χ2v) is 6.24. The molecule has 126 valence electrons. The molecule has 0 bridgehead atoms. The summed E-state index contributed by atoms with van der Waals surface area (Å²) < 4.78 is 15.6. The number of allylic oxidation sites excluding steroid dienone is 1. The number of carbonyl (C=O) groups is 1. The molecule has 1 saturated heterocycles. The van der Waals surface area contributed by atoms with Crippen LogP contribution in [0, 0.1) is 5.82 Å². The maximum atomic E-state index is 13.5. The van der Waals surface area contributed by atoms with E-state index in [-0.39, 0.29) is 17.6 Å². The van der Waals surface area contributed by atoms with Gasteiger partial charge in [0.05, 0.1) is 11.0 Å². The fraction of sp³-hybridized carbons (Fsp3) is 0.200. The molecular weight excluding hydrogens is 317 g/mol. The minimum atomic E-state index is -0.340. The maximum absolute atomic E-state index is 13.5. The van der Waals surface area contributed by atoms with Crippen LogP contribution in [-0.2, 0) is 11.3 Å². The number of fused-ring (bicyclic) bond motifs is 1. The molecule has 4 rings (SSSR count). The molecule has 1 aromatic heterocycles. The van der Waals surface area contributed by atoms with Gasteiger partial charge in [0.2, 0.25) is 5.91 Å². The Morgan fingerprint density at radius 2 is 2.08 bits per heavy atom. The van der Waals surface area contributed by atoms with Gasteiger partial charge in [-0.1, -0.05) is 24.3 Å². The third-order valence-corrected chi connectivity index (χ3v) is 4.61. The van der Waals surface area contributed by atoms with Gasteiger partial charge in [0.25, 0.3) is 0 Å². The van der Waals surface area contributed by atoms with E-state index in [2.05, 4.69) is 11.1 Å². The third-order valence-electron chi connectivity index (χ3n) is 4.61. The Morgan fingerprint density at radius 1 is 1.24 bits per heavy atom. The Balaban J connectivity index is 1.71. The zero-order chi connectivity index (χ0) is 17.4. The molecule has 0 radical (unpaired) electrons. The number of nitrogens with zero attached hydrogens (tertiary/aromatic N) is 3. The first-order chi connectivity index (χ1) is 12.2. The summed E-state index contributed by atoms with van der Waals surface area (Å²) in [6.45, 7) is 4.97. The second-order valence-electron chi connectivity index (χ2n) is 6.24. The first kappa shape index (κ1) is 15.6. The Morgan fingerprint density at radius 3 is 2.88 bits per heavy atom. The molecule has 1 amide bonds. The number of rotatable bonds is 4. The van der Waals surface area contributed by atoms with Crippen molar-refractivity contribution in [2.45, 2.75) is 18.9 Å². The van der Waals surface area contributed by atoms with Crippen molar-refractivity contribution < 1.29 is 9.18 Å². The molecule has 2 heterocycles. The minimum Gasteiger partial charge on any atom is -0.324 e. The van der Waals surface area contributed by atoms with Gasteiger partial charge in [0.1, 0.15) is 11.6 Å². The number of anilines is 1. The maximum Gasteiger partial charge on any atom is 0.227 e. The van der Waals surface area contributed by atoms with Gasteiger partial charge in [0.15, 0.2) is 0 Å². The average Bonchev–Trinajstić information content (AvgIpc) is 3.16. The van der Waals surface area contributed by atoms with Crippen molar-refractivity contribution in [1.29, 1.82) is 0 Å². The summed E-state index contributed by atoms with van der Waals surface area (Å²) in [5.41, 5.74) is 2.55. The zero-order valence-corrected chi connectivity index (χ0v) is 13.7. The molecule has 4 nitrogen and oxygen atoms in total. The highest BCUT2D eigenvalue weighted by molar-refractivity contribution is 5.96. The summed E-state index contributed by atoms with van der Waals surface area (Å²) in [7, 11) is 0. The Kier molecular flexibility index (Phi) is 3.84. The summed E-state index contributed by atoms with van der Waals surface area (Å²) in [5.74, 6) is 0.511. The molecule has 5 heteroatoms. The molecule has 0 spiro atoms. The first-order valence-corrected chi connectivity index (χ1v) is 8.29. The second kappa shape index (κ2) is 6.16. The lowest BCUT2D eigenvalue weighted by Crippen LogP contribution is -2.24. The molecule has 3 aromatic rings. The van der Waals surface area contributed by atoms with Crippen LogP contribution in [0.15, 0.2) is 61.2 Å². The molecule has 0 aliphatic carbocycles. The van der Waals surface area contributed by atoms with E-state index in [1.165, 1.54) is 12.1 Å². The molecule has 0 N–H and O–H groups in total. The van der Waals surface area contributed by atoms with Gasteiger partial charge in [-0.3, -0.25) is 4.79 Å². The summed E-state index contributed by atoms with van der Waals surface area (Å²) in [4.78, 5) is 18.9. The monoisotopic (exact) mass is 335 g/mol. The van der Waals surface area contributed by atoms with Crippen LogP contribution in [0.2, 0.25) is 0 Å². The lowest BCUT2D eigenvalue weighted by Gasteiger charge is -2.17. The van der Waals surface area contributed by atoms with E-state index in [4.69, 9.17) is 4.98 Å². The lowest BCUT2D eigenvalue weighted by atomic mass is 10.1. The summed E-state index contributed by atoms with van der Waals surface area (Å²) in [6, 6.07) is 14.1. The Hall–Kier alpha value is -2.95. The molecule has 0 saturated carbocycles. The smallest absolute Gasteiger partial charge is 0.227 e. The van der Waals surface area contributed by atoms with Crippen LogP contribution in [0.25, 0.3) is 11.0 Å². The molecule has 1 atom stereocenters. The highest BCUT2D eigenvalue weighted by Crippen LogP contribution is 2.33. The number of benzene rings is 2. The molecule has 2 aromatic carbocycles. The fourth-order valence-electron chi connectivity index (χ4n) is 3.50. The number of halogens is 1. The van der Waals surface area contributed by atoms with Crippen LogP contribution >= 0.6 is 0 Å². The van der Waals surface area contributed by atoms with Crippen molar-refractivity contribution in [2.24, 2.45) is 0 Å². The number of amides is 1. The van der Waals surface area contributed by atoms with Crippen LogP contribution < -0.4 is 4.90 Å². The van der Waals surface area contributed by atoms with Crippen LogP contribution in [-0.4, -0.2) is 22.0 Å². The van der Waals surface area contributed by atoms with E-state index in [0.29, 0.717) is 25.2 Å². The van der Waals surface area contributed by atoms with E-state index in [1.54, 1.807) is 17.0 Å². The Labute approximate surface area is 145 Å². The quantitative estimate of drug-likeness (QED) is 0.679. The van der Waals surface area contributed by atoms with Gasteiger partial charge in [-0.25, -0.2) is 9.37 Å². The number of hydrogen-bond acceptors (Lipinski definition) is 2. The third kappa shape index (κ3) is 2.71. The van der Waals surface area contributed by atoms with E-state index in [0.717, 1.165) is 16.9 Å². The number of hydrogen-bond donors (Lipinski definition) is 0. The molecule has 1 fully saturated rings. The zero-order valence-electron chi connectivity index (χ0n) is 13.7. The van der Waals surface area contributed by atoms with Crippen molar-refractivity contribution in [2.75, 3.05) is 11.4 Å². The molecular formula is C20H18FN3O. The number of imidazole rings is 1. The fourth-order valence-corrected chi connectivity index (χ4v) is 3.50. The predicted molar refractivity (Wildman–Crippen MR) is 96.0 cm³/mol. The normalized spacial score (nSPS) is 17.4. The highest BCUT2D eigenvalue weighted by atomic mass is 19.1. The van der Waals surface area contributed by atoms with Gasteiger partial charge in [-0.05, 0) is 30.3 Å². The van der Waals surface area contributed by atoms with E-state index < -0.39 is 0 Å². The number of carbonyl (C=O) groups excluding carboxylic acids is 1. The van der Waals surface area contributed by atoms with Crippen LogP contribution in [0.4, 0.5) is 10.1 Å². The van der Waals surface area contributed by atoms with Crippen molar-refractivity contribution in [3.63, 3.8) is 0 Å². The SMILES string of the molecule is C=CCn1c(C2CC(=O)N(c3cccc(F)c3)C2)nc2ccccc21. The van der Waals surface area contributed by atoms with Gasteiger partial charge in [-0.15, -0.1) is 6.58 Å². The lowest BCUT2D eigenvalue weighted by molar-refractivity contribution is -0.117. The van der Waals surface area contributed by atoms with Crippen LogP contribution in [0.5, 0.6) is 0 Å². The number of aromatic nitrogens is 2. The molecule has 1 aliphatic rings. The Bertz CT molecular complexity index is 962. The van der Waals surface area contributed by atoms with Gasteiger partial charge < -0.3 is 9.47 Å². The standard InChI is InChI=1S/C20H18FN3O/c1-2-10-23-18-9-4-3-8-17(18)22-20(23)14-11-19(25)24(13-14)16-7-5-6-15(21)12-16/h2-9,12,14H,1,10-11,13H2. The topological polar surface area (TPSA) is 38.1 Å².